The van der Waals surface area contributed by atoms with Crippen LogP contribution in [0.4, 0.5) is 0 Å². The van der Waals surface area contributed by atoms with Gasteiger partial charge in [-0.05, 0) is 13.8 Å². The van der Waals surface area contributed by atoms with Crippen molar-refractivity contribution < 1.29 is 9.47 Å². The van der Waals surface area contributed by atoms with E-state index in [1.54, 1.807) is 7.11 Å². The van der Waals surface area contributed by atoms with E-state index in [1.165, 1.54) is 0 Å². The Hall–Kier alpha value is 0.210. The summed E-state index contributed by atoms with van der Waals surface area (Å²) in [5, 5.41) is 0.0827. The van der Waals surface area contributed by atoms with Crippen molar-refractivity contribution in [1.82, 2.24) is 0 Å². The van der Waals surface area contributed by atoms with Crippen LogP contribution in [0.15, 0.2) is 0 Å². The predicted octanol–water partition coefficient (Wildman–Crippen LogP) is 1.67. The lowest BCUT2D eigenvalue weighted by Crippen LogP contribution is -2.18. The number of hydrogen-bond acceptors (Lipinski definition) is 2. The Morgan fingerprint density at radius 1 is 1.30 bits per heavy atom. The number of methoxy groups -OCH3 is 1. The second-order valence-corrected chi connectivity index (χ2v) is 3.13. The van der Waals surface area contributed by atoms with Gasteiger partial charge in [0.15, 0.2) is 0 Å². The molecule has 0 heterocycles. The van der Waals surface area contributed by atoms with Crippen LogP contribution >= 0.6 is 11.6 Å². The minimum atomic E-state index is 0.0827. The average molecular weight is 167 g/mol. The molecule has 0 amide bonds. The first-order valence-corrected chi connectivity index (χ1v) is 3.85. The highest BCUT2D eigenvalue weighted by Crippen LogP contribution is 1.97. The fourth-order valence-corrected chi connectivity index (χ4v) is 0.652. The van der Waals surface area contributed by atoms with E-state index in [0.29, 0.717) is 13.2 Å². The first kappa shape index (κ1) is 10.2. The Morgan fingerprint density at radius 2 is 1.90 bits per heavy atom. The molecule has 2 atom stereocenters. The second kappa shape index (κ2) is 5.96. The van der Waals surface area contributed by atoms with Crippen LogP contribution in [0.2, 0.25) is 0 Å². The zero-order chi connectivity index (χ0) is 7.98. The summed E-state index contributed by atoms with van der Waals surface area (Å²) >= 11 is 5.66. The van der Waals surface area contributed by atoms with Crippen LogP contribution < -0.4 is 0 Å². The van der Waals surface area contributed by atoms with Gasteiger partial charge in [0.1, 0.15) is 0 Å². The molecule has 0 aromatic rings. The van der Waals surface area contributed by atoms with Crippen molar-refractivity contribution >= 4 is 11.6 Å². The van der Waals surface area contributed by atoms with Gasteiger partial charge in [-0.2, -0.15) is 0 Å². The highest BCUT2D eigenvalue weighted by Gasteiger charge is 2.02. The molecule has 0 saturated carbocycles. The van der Waals surface area contributed by atoms with Gasteiger partial charge in [-0.3, -0.25) is 0 Å². The van der Waals surface area contributed by atoms with Crippen molar-refractivity contribution in [2.75, 3.05) is 20.3 Å². The molecule has 0 radical (unpaired) electrons. The molecule has 0 saturated heterocycles. The SMILES string of the molecule is COCC(C)OCC(C)Cl. The van der Waals surface area contributed by atoms with E-state index < -0.39 is 0 Å². The van der Waals surface area contributed by atoms with Crippen LogP contribution in [0.3, 0.4) is 0 Å². The summed E-state index contributed by atoms with van der Waals surface area (Å²) in [6, 6.07) is 0. The quantitative estimate of drug-likeness (QED) is 0.579. The molecule has 0 spiro atoms. The Morgan fingerprint density at radius 3 is 2.30 bits per heavy atom. The third-order valence-corrected chi connectivity index (χ3v) is 1.14. The molecule has 10 heavy (non-hydrogen) atoms. The third-order valence-electron chi connectivity index (χ3n) is 1.01. The zero-order valence-corrected chi connectivity index (χ0v) is 7.52. The van der Waals surface area contributed by atoms with Crippen molar-refractivity contribution in [1.29, 1.82) is 0 Å². The first-order valence-electron chi connectivity index (χ1n) is 3.41. The molecule has 2 unspecified atom stereocenters. The maximum absolute atomic E-state index is 5.66. The Kier molecular flexibility index (Phi) is 6.08. The van der Waals surface area contributed by atoms with Crippen LogP contribution in [0, 0.1) is 0 Å². The fourth-order valence-electron chi connectivity index (χ4n) is 0.580. The van der Waals surface area contributed by atoms with Gasteiger partial charge in [-0.15, -0.1) is 11.6 Å². The van der Waals surface area contributed by atoms with Gasteiger partial charge in [-0.25, -0.2) is 0 Å². The lowest BCUT2D eigenvalue weighted by atomic mass is 10.4. The number of hydrogen-bond donors (Lipinski definition) is 0. The summed E-state index contributed by atoms with van der Waals surface area (Å²) < 4.78 is 10.2. The minimum absolute atomic E-state index is 0.0827. The topological polar surface area (TPSA) is 18.5 Å². The second-order valence-electron chi connectivity index (χ2n) is 2.38. The normalized spacial score (nSPS) is 16.8. The fraction of sp³-hybridized carbons (Fsp3) is 1.00. The monoisotopic (exact) mass is 166 g/mol. The van der Waals surface area contributed by atoms with E-state index in [1.807, 2.05) is 13.8 Å². The van der Waals surface area contributed by atoms with Crippen LogP contribution in [-0.4, -0.2) is 31.8 Å². The van der Waals surface area contributed by atoms with Crippen molar-refractivity contribution in [3.8, 4) is 0 Å². The highest BCUT2D eigenvalue weighted by molar-refractivity contribution is 6.20. The average Bonchev–Trinajstić information content (AvgIpc) is 1.85. The third kappa shape index (κ3) is 6.33. The molecule has 0 aliphatic carbocycles. The van der Waals surface area contributed by atoms with E-state index in [2.05, 4.69) is 0 Å². The molecule has 62 valence electrons. The van der Waals surface area contributed by atoms with Gasteiger partial charge in [0.05, 0.1) is 24.7 Å². The first-order chi connectivity index (χ1) is 4.66. The predicted molar refractivity (Wildman–Crippen MR) is 42.6 cm³/mol. The number of halogens is 1. The lowest BCUT2D eigenvalue weighted by Gasteiger charge is -2.12. The van der Waals surface area contributed by atoms with Gasteiger partial charge >= 0.3 is 0 Å². The van der Waals surface area contributed by atoms with Crippen molar-refractivity contribution in [3.63, 3.8) is 0 Å². The Bertz CT molecular complexity index is 76.0. The summed E-state index contributed by atoms with van der Waals surface area (Å²) in [4.78, 5) is 0. The molecule has 0 aromatic heterocycles. The number of ether oxygens (including phenoxy) is 2. The van der Waals surface area contributed by atoms with E-state index in [-0.39, 0.29) is 11.5 Å². The van der Waals surface area contributed by atoms with E-state index in [9.17, 15) is 0 Å². The molecule has 0 N–H and O–H groups in total. The van der Waals surface area contributed by atoms with E-state index in [4.69, 9.17) is 21.1 Å². The molecule has 0 rings (SSSR count). The van der Waals surface area contributed by atoms with Crippen LogP contribution in [0.5, 0.6) is 0 Å². The van der Waals surface area contributed by atoms with Crippen LogP contribution in [0.1, 0.15) is 13.8 Å². The molecule has 0 bridgehead atoms. The minimum Gasteiger partial charge on any atom is -0.382 e. The number of alkyl halides is 1. The van der Waals surface area contributed by atoms with Gasteiger partial charge in [0.2, 0.25) is 0 Å². The Balaban J connectivity index is 3.12. The van der Waals surface area contributed by atoms with Crippen molar-refractivity contribution in [2.24, 2.45) is 0 Å². The van der Waals surface area contributed by atoms with Crippen molar-refractivity contribution in [3.05, 3.63) is 0 Å². The zero-order valence-electron chi connectivity index (χ0n) is 6.76. The highest BCUT2D eigenvalue weighted by atomic mass is 35.5. The van der Waals surface area contributed by atoms with Gasteiger partial charge < -0.3 is 9.47 Å². The molecular weight excluding hydrogens is 152 g/mol. The summed E-state index contributed by atoms with van der Waals surface area (Å²) in [7, 11) is 1.66. The summed E-state index contributed by atoms with van der Waals surface area (Å²) in [6.45, 7) is 5.08. The largest absolute Gasteiger partial charge is 0.382 e. The standard InChI is InChI=1S/C7H15ClO2/c1-6(8)4-10-7(2)5-9-3/h6-7H,4-5H2,1-3H3. The molecule has 0 aliphatic heterocycles. The summed E-state index contributed by atoms with van der Waals surface area (Å²) in [5.74, 6) is 0. The van der Waals surface area contributed by atoms with E-state index >= 15 is 0 Å². The molecule has 0 fully saturated rings. The molecule has 3 heteroatoms. The maximum Gasteiger partial charge on any atom is 0.0781 e. The molecule has 0 aliphatic rings. The molecule has 0 aromatic carbocycles. The van der Waals surface area contributed by atoms with Crippen molar-refractivity contribution in [2.45, 2.75) is 25.3 Å². The Labute approximate surface area is 67.5 Å². The van der Waals surface area contributed by atoms with Gasteiger partial charge in [0, 0.05) is 7.11 Å². The smallest absolute Gasteiger partial charge is 0.0781 e. The molecule has 2 nitrogen and oxygen atoms in total. The van der Waals surface area contributed by atoms with Gasteiger partial charge in [0.25, 0.3) is 0 Å². The van der Waals surface area contributed by atoms with Crippen LogP contribution in [-0.2, 0) is 9.47 Å². The number of rotatable bonds is 5. The maximum atomic E-state index is 5.66. The van der Waals surface area contributed by atoms with E-state index in [0.717, 1.165) is 0 Å². The van der Waals surface area contributed by atoms with Crippen LogP contribution in [0.25, 0.3) is 0 Å². The lowest BCUT2D eigenvalue weighted by molar-refractivity contribution is 0.0106. The summed E-state index contributed by atoms with van der Waals surface area (Å²) in [5.41, 5.74) is 0. The van der Waals surface area contributed by atoms with Gasteiger partial charge in [-0.1, -0.05) is 0 Å². The summed E-state index contributed by atoms with van der Waals surface area (Å²) in [6.07, 6.45) is 0.145. The molecular formula is C7H15ClO2.